The minimum absolute atomic E-state index is 0. The Morgan fingerprint density at radius 1 is 1.30 bits per heavy atom. The monoisotopic (exact) mass is 532 g/mol. The van der Waals surface area contributed by atoms with Gasteiger partial charge in [0.05, 0.1) is 13.1 Å². The van der Waals surface area contributed by atoms with Crippen molar-refractivity contribution in [3.05, 3.63) is 24.3 Å². The molecule has 9 nitrogen and oxygen atoms in total. The molecule has 1 aromatic rings. The molecule has 0 aromatic carbocycles. The van der Waals surface area contributed by atoms with E-state index in [0.717, 1.165) is 63.0 Å². The van der Waals surface area contributed by atoms with Gasteiger partial charge in [0.15, 0.2) is 5.96 Å². The number of carbonyl (C=O) groups excluding carboxylic acids is 1. The second-order valence-electron chi connectivity index (χ2n) is 7.80. The first-order valence-corrected chi connectivity index (χ1v) is 10.4. The molecule has 0 spiro atoms. The number of piperazine rings is 1. The van der Waals surface area contributed by atoms with E-state index in [1.165, 1.54) is 0 Å². The predicted octanol–water partition coefficient (Wildman–Crippen LogP) is 1.12. The summed E-state index contributed by atoms with van der Waals surface area (Å²) in [4.78, 5) is 21.2. The highest BCUT2D eigenvalue weighted by molar-refractivity contribution is 14.0. The van der Waals surface area contributed by atoms with Crippen molar-refractivity contribution >= 4 is 35.8 Å². The molecule has 2 heterocycles. The number of guanidine groups is 1. The lowest BCUT2D eigenvalue weighted by atomic mass is 10.3. The molecule has 2 rings (SSSR count). The standard InChI is InChI=1S/C20H36N8O.HI/c1-6-18-25-23-15-28(18)8-7-21-20(22-13-16(2)3)27-11-9-26(10-12-27)14-19(29)24-17(4)5;/h15,17H,2,6-14H2,1,3-5H3,(H,21,22)(H,24,29);1H. The summed E-state index contributed by atoms with van der Waals surface area (Å²) in [5, 5.41) is 14.5. The zero-order valence-corrected chi connectivity index (χ0v) is 21.1. The van der Waals surface area contributed by atoms with Crippen LogP contribution in [0.25, 0.3) is 0 Å². The third kappa shape index (κ3) is 8.99. The average Bonchev–Trinajstić information content (AvgIpc) is 3.12. The predicted molar refractivity (Wildman–Crippen MR) is 131 cm³/mol. The van der Waals surface area contributed by atoms with Crippen LogP contribution < -0.4 is 10.6 Å². The molecule has 0 bridgehead atoms. The highest BCUT2D eigenvalue weighted by atomic mass is 127. The molecule has 1 amide bonds. The Morgan fingerprint density at radius 2 is 2.00 bits per heavy atom. The number of aryl methyl sites for hydroxylation is 1. The van der Waals surface area contributed by atoms with Crippen molar-refractivity contribution in [1.82, 2.24) is 35.2 Å². The first kappa shape index (κ1) is 26.3. The van der Waals surface area contributed by atoms with Gasteiger partial charge in [-0.05, 0) is 20.8 Å². The molecule has 10 heteroatoms. The summed E-state index contributed by atoms with van der Waals surface area (Å²) < 4.78 is 2.06. The fraction of sp³-hybridized carbons (Fsp3) is 0.700. The molecule has 1 aliphatic heterocycles. The molecule has 1 aromatic heterocycles. The number of halogens is 1. The van der Waals surface area contributed by atoms with Gasteiger partial charge >= 0.3 is 0 Å². The zero-order valence-electron chi connectivity index (χ0n) is 18.7. The van der Waals surface area contributed by atoms with Gasteiger partial charge in [0.1, 0.15) is 12.2 Å². The van der Waals surface area contributed by atoms with Crippen LogP contribution in [0.2, 0.25) is 0 Å². The van der Waals surface area contributed by atoms with E-state index >= 15 is 0 Å². The van der Waals surface area contributed by atoms with Gasteiger partial charge in [-0.25, -0.2) is 4.99 Å². The van der Waals surface area contributed by atoms with Gasteiger partial charge in [0, 0.05) is 51.7 Å². The quantitative estimate of drug-likeness (QED) is 0.215. The van der Waals surface area contributed by atoms with Crippen LogP contribution in [-0.4, -0.2) is 88.3 Å². The van der Waals surface area contributed by atoms with E-state index < -0.39 is 0 Å². The van der Waals surface area contributed by atoms with Crippen molar-refractivity contribution in [2.75, 3.05) is 45.8 Å². The molecule has 2 N–H and O–H groups in total. The maximum atomic E-state index is 12.0. The van der Waals surface area contributed by atoms with Crippen molar-refractivity contribution in [3.8, 4) is 0 Å². The van der Waals surface area contributed by atoms with Gasteiger partial charge in [-0.15, -0.1) is 34.2 Å². The lowest BCUT2D eigenvalue weighted by molar-refractivity contribution is -0.123. The minimum Gasteiger partial charge on any atom is -0.354 e. The summed E-state index contributed by atoms with van der Waals surface area (Å²) in [7, 11) is 0. The molecule has 0 radical (unpaired) electrons. The number of amides is 1. The lowest BCUT2D eigenvalue weighted by Gasteiger charge is -2.36. The van der Waals surface area contributed by atoms with Gasteiger partial charge in [-0.1, -0.05) is 19.1 Å². The Kier molecular flexibility index (Phi) is 11.9. The number of aromatic nitrogens is 3. The number of nitrogens with one attached hydrogen (secondary N) is 2. The largest absolute Gasteiger partial charge is 0.354 e. The minimum atomic E-state index is 0. The lowest BCUT2D eigenvalue weighted by Crippen LogP contribution is -2.54. The average molecular weight is 532 g/mol. The highest BCUT2D eigenvalue weighted by Gasteiger charge is 2.21. The fourth-order valence-corrected chi connectivity index (χ4v) is 3.19. The highest BCUT2D eigenvalue weighted by Crippen LogP contribution is 2.04. The molecule has 0 unspecified atom stereocenters. The number of rotatable bonds is 9. The van der Waals surface area contributed by atoms with Crippen LogP contribution >= 0.6 is 24.0 Å². The van der Waals surface area contributed by atoms with Crippen LogP contribution in [0.4, 0.5) is 0 Å². The molecule has 170 valence electrons. The van der Waals surface area contributed by atoms with Crippen molar-refractivity contribution in [1.29, 1.82) is 0 Å². The Bertz CT molecular complexity index is 695. The normalized spacial score (nSPS) is 15.1. The Hall–Kier alpha value is -1.69. The van der Waals surface area contributed by atoms with Crippen LogP contribution in [0.1, 0.15) is 33.5 Å². The van der Waals surface area contributed by atoms with Crippen LogP contribution in [0, 0.1) is 0 Å². The Morgan fingerprint density at radius 3 is 2.60 bits per heavy atom. The van der Waals surface area contributed by atoms with Crippen LogP contribution in [0.3, 0.4) is 0 Å². The number of carbonyl (C=O) groups is 1. The Labute approximate surface area is 197 Å². The van der Waals surface area contributed by atoms with Crippen molar-refractivity contribution in [2.45, 2.75) is 46.7 Å². The summed E-state index contributed by atoms with van der Waals surface area (Å²) in [5.74, 6) is 1.97. The Balaban J connectivity index is 0.00000450. The number of nitrogens with zero attached hydrogens (tertiary/aromatic N) is 6. The first-order chi connectivity index (χ1) is 13.9. The van der Waals surface area contributed by atoms with Crippen LogP contribution in [-0.2, 0) is 17.8 Å². The van der Waals surface area contributed by atoms with E-state index in [1.54, 1.807) is 6.33 Å². The summed E-state index contributed by atoms with van der Waals surface area (Å²) in [6.07, 6.45) is 2.63. The van der Waals surface area contributed by atoms with E-state index in [9.17, 15) is 4.79 Å². The fourth-order valence-electron chi connectivity index (χ4n) is 3.19. The molecule has 1 saturated heterocycles. The second kappa shape index (κ2) is 13.6. The number of hydrogen-bond donors (Lipinski definition) is 2. The van der Waals surface area contributed by atoms with Crippen molar-refractivity contribution < 1.29 is 4.79 Å². The van der Waals surface area contributed by atoms with Gasteiger partial charge in [0.2, 0.25) is 5.91 Å². The molecular weight excluding hydrogens is 495 g/mol. The van der Waals surface area contributed by atoms with E-state index in [1.807, 2.05) is 20.8 Å². The summed E-state index contributed by atoms with van der Waals surface area (Å²) >= 11 is 0. The van der Waals surface area contributed by atoms with Gasteiger partial charge in [-0.2, -0.15) is 0 Å². The second-order valence-corrected chi connectivity index (χ2v) is 7.80. The zero-order chi connectivity index (χ0) is 21.2. The summed E-state index contributed by atoms with van der Waals surface area (Å²) in [5.41, 5.74) is 1.03. The molecule has 1 fully saturated rings. The topological polar surface area (TPSA) is 90.7 Å². The molecular formula is C20H37IN8O. The van der Waals surface area contributed by atoms with E-state index in [2.05, 4.69) is 48.7 Å². The summed E-state index contributed by atoms with van der Waals surface area (Å²) in [6, 6.07) is 0.174. The maximum Gasteiger partial charge on any atom is 0.234 e. The number of aliphatic imine (C=N–C) groups is 1. The SMILES string of the molecule is C=C(C)CN=C(NCCn1cnnc1CC)N1CCN(CC(=O)NC(C)C)CC1.I. The van der Waals surface area contributed by atoms with E-state index in [0.29, 0.717) is 13.1 Å². The molecule has 30 heavy (non-hydrogen) atoms. The van der Waals surface area contributed by atoms with Gasteiger partial charge < -0.3 is 20.1 Å². The van der Waals surface area contributed by atoms with E-state index in [-0.39, 0.29) is 35.9 Å². The van der Waals surface area contributed by atoms with Crippen LogP contribution in [0.5, 0.6) is 0 Å². The molecule has 0 aliphatic carbocycles. The molecule has 1 aliphatic rings. The molecule has 0 saturated carbocycles. The van der Waals surface area contributed by atoms with Gasteiger partial charge in [0.25, 0.3) is 0 Å². The smallest absolute Gasteiger partial charge is 0.234 e. The first-order valence-electron chi connectivity index (χ1n) is 10.4. The van der Waals surface area contributed by atoms with E-state index in [4.69, 9.17) is 4.99 Å². The van der Waals surface area contributed by atoms with Crippen molar-refractivity contribution in [2.24, 2.45) is 4.99 Å². The molecule has 0 atom stereocenters. The maximum absolute atomic E-state index is 12.0. The van der Waals surface area contributed by atoms with Crippen LogP contribution in [0.15, 0.2) is 23.5 Å². The van der Waals surface area contributed by atoms with Crippen molar-refractivity contribution in [3.63, 3.8) is 0 Å². The third-order valence-electron chi connectivity index (χ3n) is 4.64. The summed E-state index contributed by atoms with van der Waals surface area (Å²) in [6.45, 7) is 17.9. The van der Waals surface area contributed by atoms with Gasteiger partial charge in [-0.3, -0.25) is 9.69 Å². The number of hydrogen-bond acceptors (Lipinski definition) is 5. The third-order valence-corrected chi connectivity index (χ3v) is 4.64.